The third-order valence-electron chi connectivity index (χ3n) is 4.01. The number of hydrogen-bond acceptors (Lipinski definition) is 4. The van der Waals surface area contributed by atoms with Gasteiger partial charge in [-0.05, 0) is 35.6 Å². The molecule has 0 fully saturated rings. The Morgan fingerprint density at radius 2 is 1.92 bits per heavy atom. The minimum Gasteiger partial charge on any atom is -0.493 e. The predicted octanol–water partition coefficient (Wildman–Crippen LogP) is 5.21. The van der Waals surface area contributed by atoms with Crippen molar-refractivity contribution in [1.29, 1.82) is 5.26 Å². The summed E-state index contributed by atoms with van der Waals surface area (Å²) in [7, 11) is 0. The van der Waals surface area contributed by atoms with Crippen molar-refractivity contribution in [2.24, 2.45) is 0 Å². The molecule has 0 amide bonds. The lowest BCUT2D eigenvalue weighted by molar-refractivity contribution is -0.384. The second-order valence-electron chi connectivity index (χ2n) is 5.61. The van der Waals surface area contributed by atoms with E-state index in [9.17, 15) is 15.4 Å². The van der Waals surface area contributed by atoms with Gasteiger partial charge in [-0.2, -0.15) is 5.26 Å². The number of nitrogens with zero attached hydrogens (tertiary/aromatic N) is 2. The summed E-state index contributed by atoms with van der Waals surface area (Å²) in [6, 6.07) is 19.8. The lowest BCUT2D eigenvalue weighted by Gasteiger charge is -2.10. The molecule has 0 aliphatic heterocycles. The Labute approximate surface area is 150 Å². The van der Waals surface area contributed by atoms with Gasteiger partial charge in [0.1, 0.15) is 5.75 Å². The van der Waals surface area contributed by atoms with Gasteiger partial charge in [-0.25, -0.2) is 0 Å². The van der Waals surface area contributed by atoms with Crippen LogP contribution in [0.4, 0.5) is 5.69 Å². The third kappa shape index (κ3) is 3.40. The maximum Gasteiger partial charge on any atom is 0.270 e. The van der Waals surface area contributed by atoms with Crippen LogP contribution in [0.15, 0.2) is 60.7 Å². The Bertz CT molecular complexity index is 1050. The zero-order valence-corrected chi connectivity index (χ0v) is 14.2. The monoisotopic (exact) mass is 344 g/mol. The second-order valence-corrected chi connectivity index (χ2v) is 5.61. The minimum atomic E-state index is -0.467. The van der Waals surface area contributed by atoms with Crippen LogP contribution in [-0.2, 0) is 0 Å². The summed E-state index contributed by atoms with van der Waals surface area (Å²) in [5.74, 6) is 0.786. The van der Waals surface area contributed by atoms with Gasteiger partial charge in [0.2, 0.25) is 0 Å². The number of nitro groups is 1. The highest BCUT2D eigenvalue weighted by atomic mass is 16.6. The van der Waals surface area contributed by atoms with E-state index in [1.807, 2.05) is 43.3 Å². The maximum atomic E-state index is 11.0. The molecular weight excluding hydrogens is 328 g/mol. The smallest absolute Gasteiger partial charge is 0.270 e. The first-order valence-corrected chi connectivity index (χ1v) is 8.15. The van der Waals surface area contributed by atoms with E-state index in [-0.39, 0.29) is 5.69 Å². The highest BCUT2D eigenvalue weighted by Crippen LogP contribution is 2.31. The van der Waals surface area contributed by atoms with E-state index in [4.69, 9.17) is 4.74 Å². The quantitative estimate of drug-likeness (QED) is 0.275. The Hall–Kier alpha value is -3.65. The summed E-state index contributed by atoms with van der Waals surface area (Å²) in [5.41, 5.74) is 1.69. The van der Waals surface area contributed by atoms with Crippen molar-refractivity contribution in [3.05, 3.63) is 81.9 Å². The molecule has 0 N–H and O–H groups in total. The molecule has 0 atom stereocenters. The number of benzene rings is 3. The summed E-state index contributed by atoms with van der Waals surface area (Å²) >= 11 is 0. The summed E-state index contributed by atoms with van der Waals surface area (Å²) in [4.78, 5) is 10.5. The normalized spacial score (nSPS) is 11.2. The van der Waals surface area contributed by atoms with Crippen molar-refractivity contribution in [2.75, 3.05) is 6.61 Å². The van der Waals surface area contributed by atoms with Crippen molar-refractivity contribution < 1.29 is 9.66 Å². The van der Waals surface area contributed by atoms with Crippen molar-refractivity contribution >= 4 is 28.1 Å². The van der Waals surface area contributed by atoms with Gasteiger partial charge in [0, 0.05) is 17.5 Å². The van der Waals surface area contributed by atoms with E-state index >= 15 is 0 Å². The number of hydrogen-bond donors (Lipinski definition) is 0. The third-order valence-corrected chi connectivity index (χ3v) is 4.01. The molecule has 0 aliphatic rings. The van der Waals surface area contributed by atoms with Gasteiger partial charge >= 0.3 is 0 Å². The minimum absolute atomic E-state index is 0.0415. The van der Waals surface area contributed by atoms with Crippen molar-refractivity contribution in [1.82, 2.24) is 0 Å². The first kappa shape index (κ1) is 17.2. The molecule has 3 aromatic carbocycles. The average molecular weight is 344 g/mol. The van der Waals surface area contributed by atoms with Crippen LogP contribution in [0.1, 0.15) is 18.1 Å². The molecule has 3 aromatic rings. The summed E-state index contributed by atoms with van der Waals surface area (Å²) < 4.78 is 5.67. The van der Waals surface area contributed by atoms with Crippen molar-refractivity contribution in [2.45, 2.75) is 6.92 Å². The average Bonchev–Trinajstić information content (AvgIpc) is 2.67. The number of nitriles is 1. The van der Waals surface area contributed by atoms with Crippen LogP contribution in [0.3, 0.4) is 0 Å². The Balaban J connectivity index is 2.14. The molecule has 0 saturated carbocycles. The van der Waals surface area contributed by atoms with Crippen LogP contribution in [0, 0.1) is 21.4 Å². The molecule has 0 radical (unpaired) electrons. The van der Waals surface area contributed by atoms with E-state index < -0.39 is 4.92 Å². The molecule has 5 nitrogen and oxygen atoms in total. The zero-order valence-electron chi connectivity index (χ0n) is 14.2. The molecule has 0 unspecified atom stereocenters. The van der Waals surface area contributed by atoms with Crippen LogP contribution in [0.5, 0.6) is 5.75 Å². The SMILES string of the molecule is CCOc1ccc(/C=C(/C#N)c2cccc([N+](=O)[O-])c2)c2ccccc12. The van der Waals surface area contributed by atoms with E-state index in [0.29, 0.717) is 17.7 Å². The fourth-order valence-electron chi connectivity index (χ4n) is 2.82. The van der Waals surface area contributed by atoms with Gasteiger partial charge in [0.15, 0.2) is 0 Å². The van der Waals surface area contributed by atoms with E-state index in [1.54, 1.807) is 18.2 Å². The fraction of sp³-hybridized carbons (Fsp3) is 0.0952. The summed E-state index contributed by atoms with van der Waals surface area (Å²) in [6.07, 6.45) is 1.75. The largest absolute Gasteiger partial charge is 0.493 e. The molecule has 0 heterocycles. The van der Waals surface area contributed by atoms with Gasteiger partial charge in [0.25, 0.3) is 5.69 Å². The molecule has 26 heavy (non-hydrogen) atoms. The van der Waals surface area contributed by atoms with Gasteiger partial charge in [-0.1, -0.05) is 42.5 Å². The number of non-ortho nitro benzene ring substituents is 1. The first-order chi connectivity index (χ1) is 12.6. The van der Waals surface area contributed by atoms with Crippen molar-refractivity contribution in [3.63, 3.8) is 0 Å². The lowest BCUT2D eigenvalue weighted by atomic mass is 9.99. The summed E-state index contributed by atoms with van der Waals surface area (Å²) in [6.45, 7) is 2.50. The molecule has 5 heteroatoms. The molecule has 0 aliphatic carbocycles. The van der Waals surface area contributed by atoms with Crippen LogP contribution in [0.25, 0.3) is 22.4 Å². The zero-order chi connectivity index (χ0) is 18.5. The van der Waals surface area contributed by atoms with Crippen LogP contribution in [0.2, 0.25) is 0 Å². The highest BCUT2D eigenvalue weighted by Gasteiger charge is 2.10. The Morgan fingerprint density at radius 1 is 1.15 bits per heavy atom. The highest BCUT2D eigenvalue weighted by molar-refractivity contribution is 6.00. The molecule has 128 valence electrons. The number of ether oxygens (including phenoxy) is 1. The molecule has 0 aromatic heterocycles. The topological polar surface area (TPSA) is 76.2 Å². The predicted molar refractivity (Wildman–Crippen MR) is 102 cm³/mol. The van der Waals surface area contributed by atoms with E-state index in [0.717, 1.165) is 22.1 Å². The van der Waals surface area contributed by atoms with Crippen LogP contribution >= 0.6 is 0 Å². The standard InChI is InChI=1S/C21H16N2O3/c1-2-26-21-11-10-16(19-8-3-4-9-20(19)21)12-17(14-22)15-6-5-7-18(13-15)23(24)25/h3-13H,2H2,1H3/b17-12-. The Kier molecular flexibility index (Phi) is 4.95. The Morgan fingerprint density at radius 3 is 2.62 bits per heavy atom. The number of fused-ring (bicyclic) bond motifs is 1. The second kappa shape index (κ2) is 7.49. The van der Waals surface area contributed by atoms with Crippen LogP contribution in [-0.4, -0.2) is 11.5 Å². The summed E-state index contributed by atoms with van der Waals surface area (Å²) in [5, 5.41) is 22.5. The molecular formula is C21H16N2O3. The molecule has 0 bridgehead atoms. The van der Waals surface area contributed by atoms with E-state index in [1.165, 1.54) is 12.1 Å². The number of rotatable bonds is 5. The van der Waals surface area contributed by atoms with E-state index in [2.05, 4.69) is 6.07 Å². The fourth-order valence-corrected chi connectivity index (χ4v) is 2.82. The lowest BCUT2D eigenvalue weighted by Crippen LogP contribution is -1.93. The van der Waals surface area contributed by atoms with Gasteiger partial charge in [0.05, 0.1) is 23.2 Å². The molecule has 0 saturated heterocycles. The number of nitro benzene ring substituents is 1. The molecule has 0 spiro atoms. The maximum absolute atomic E-state index is 11.0. The molecule has 3 rings (SSSR count). The van der Waals surface area contributed by atoms with Crippen LogP contribution < -0.4 is 4.74 Å². The van der Waals surface area contributed by atoms with Crippen molar-refractivity contribution in [3.8, 4) is 11.8 Å². The first-order valence-electron chi connectivity index (χ1n) is 8.15. The van der Waals surface area contributed by atoms with Gasteiger partial charge < -0.3 is 4.74 Å². The number of allylic oxidation sites excluding steroid dienone is 1. The van der Waals surface area contributed by atoms with Gasteiger partial charge in [-0.15, -0.1) is 0 Å². The van der Waals surface area contributed by atoms with Gasteiger partial charge in [-0.3, -0.25) is 10.1 Å².